The molecule has 0 bridgehead atoms. The molecular formula is C11H11ClN4O. The Labute approximate surface area is 103 Å². The van der Waals surface area contributed by atoms with E-state index in [2.05, 4.69) is 20.5 Å². The lowest BCUT2D eigenvalue weighted by Crippen LogP contribution is -2.13. The fourth-order valence-corrected chi connectivity index (χ4v) is 1.41. The number of H-pyrrole nitrogens is 1. The molecule has 0 atom stereocenters. The zero-order chi connectivity index (χ0) is 12.4. The average Bonchev–Trinajstić information content (AvgIpc) is 2.62. The van der Waals surface area contributed by atoms with Gasteiger partial charge in [-0.1, -0.05) is 11.6 Å². The third kappa shape index (κ3) is 2.45. The minimum atomic E-state index is -0.260. The number of halogens is 1. The molecule has 2 aromatic rings. The molecule has 88 valence electrons. The highest BCUT2D eigenvalue weighted by molar-refractivity contribution is 6.29. The minimum absolute atomic E-state index is 0.260. The molecule has 2 aromatic heterocycles. The van der Waals surface area contributed by atoms with Crippen molar-refractivity contribution < 1.29 is 4.79 Å². The first-order chi connectivity index (χ1) is 8.08. The van der Waals surface area contributed by atoms with Crippen molar-refractivity contribution in [2.24, 2.45) is 0 Å². The van der Waals surface area contributed by atoms with Crippen LogP contribution in [0.25, 0.3) is 0 Å². The number of nitrogens with one attached hydrogen (secondary N) is 2. The van der Waals surface area contributed by atoms with Gasteiger partial charge in [0.25, 0.3) is 5.91 Å². The quantitative estimate of drug-likeness (QED) is 0.804. The lowest BCUT2D eigenvalue weighted by Gasteiger charge is -2.02. The number of hydrogen-bond acceptors (Lipinski definition) is 3. The van der Waals surface area contributed by atoms with Crippen LogP contribution >= 0.6 is 11.6 Å². The molecule has 1 amide bonds. The molecule has 0 aliphatic carbocycles. The third-order valence-corrected chi connectivity index (χ3v) is 2.70. The molecule has 2 rings (SSSR count). The van der Waals surface area contributed by atoms with Crippen molar-refractivity contribution in [3.63, 3.8) is 0 Å². The molecule has 5 nitrogen and oxygen atoms in total. The number of amides is 1. The van der Waals surface area contributed by atoms with Crippen LogP contribution in [0, 0.1) is 13.8 Å². The number of aromatic amines is 1. The number of rotatable bonds is 2. The molecule has 0 radical (unpaired) electrons. The Hall–Kier alpha value is -1.88. The van der Waals surface area contributed by atoms with Crippen molar-refractivity contribution in [2.75, 3.05) is 5.32 Å². The monoisotopic (exact) mass is 250 g/mol. The average molecular weight is 251 g/mol. The molecule has 0 unspecified atom stereocenters. The van der Waals surface area contributed by atoms with Gasteiger partial charge in [0, 0.05) is 17.5 Å². The van der Waals surface area contributed by atoms with Crippen molar-refractivity contribution in [1.82, 2.24) is 15.2 Å². The maximum absolute atomic E-state index is 11.8. The Morgan fingerprint density at radius 1 is 1.41 bits per heavy atom. The van der Waals surface area contributed by atoms with Gasteiger partial charge in [-0.05, 0) is 26.0 Å². The second-order valence-corrected chi connectivity index (χ2v) is 4.03. The van der Waals surface area contributed by atoms with Crippen LogP contribution in [0.4, 0.5) is 5.82 Å². The van der Waals surface area contributed by atoms with Crippen LogP contribution in [0.15, 0.2) is 18.3 Å². The smallest absolute Gasteiger partial charge is 0.258 e. The highest BCUT2D eigenvalue weighted by atomic mass is 35.5. The molecular weight excluding hydrogens is 240 g/mol. The van der Waals surface area contributed by atoms with Gasteiger partial charge in [-0.15, -0.1) is 0 Å². The summed E-state index contributed by atoms with van der Waals surface area (Å²) < 4.78 is 0. The van der Waals surface area contributed by atoms with Crippen molar-refractivity contribution in [1.29, 1.82) is 0 Å². The summed E-state index contributed by atoms with van der Waals surface area (Å²) in [5, 5.41) is 9.85. The largest absolute Gasteiger partial charge is 0.305 e. The van der Waals surface area contributed by atoms with Gasteiger partial charge in [0.15, 0.2) is 5.82 Å². The first-order valence-electron chi connectivity index (χ1n) is 5.02. The van der Waals surface area contributed by atoms with E-state index in [1.165, 1.54) is 6.20 Å². The van der Waals surface area contributed by atoms with Gasteiger partial charge in [-0.25, -0.2) is 4.98 Å². The van der Waals surface area contributed by atoms with E-state index in [1.807, 2.05) is 13.8 Å². The predicted molar refractivity (Wildman–Crippen MR) is 65.3 cm³/mol. The van der Waals surface area contributed by atoms with Gasteiger partial charge in [0.2, 0.25) is 0 Å². The zero-order valence-corrected chi connectivity index (χ0v) is 10.2. The first-order valence-corrected chi connectivity index (χ1v) is 5.40. The summed E-state index contributed by atoms with van der Waals surface area (Å²) in [7, 11) is 0. The Bertz CT molecular complexity index is 547. The fourth-order valence-electron chi connectivity index (χ4n) is 1.30. The first kappa shape index (κ1) is 11.6. The topological polar surface area (TPSA) is 70.7 Å². The summed E-state index contributed by atoms with van der Waals surface area (Å²) in [5.74, 6) is 0.270. The second-order valence-electron chi connectivity index (χ2n) is 3.65. The summed E-state index contributed by atoms with van der Waals surface area (Å²) in [6, 6.07) is 3.18. The van der Waals surface area contributed by atoms with Gasteiger partial charge in [0.1, 0.15) is 5.15 Å². The maximum Gasteiger partial charge on any atom is 0.258 e. The number of hydrogen-bond donors (Lipinski definition) is 2. The van der Waals surface area contributed by atoms with E-state index < -0.39 is 0 Å². The van der Waals surface area contributed by atoms with E-state index in [-0.39, 0.29) is 5.91 Å². The summed E-state index contributed by atoms with van der Waals surface area (Å²) in [4.78, 5) is 15.7. The fraction of sp³-hybridized carbons (Fsp3) is 0.182. The summed E-state index contributed by atoms with van der Waals surface area (Å²) in [6.07, 6.45) is 1.42. The van der Waals surface area contributed by atoms with Gasteiger partial charge in [0.05, 0.1) is 5.56 Å². The van der Waals surface area contributed by atoms with Crippen LogP contribution in [-0.2, 0) is 0 Å². The van der Waals surface area contributed by atoms with Crippen LogP contribution in [0.5, 0.6) is 0 Å². The number of carbonyl (C=O) groups is 1. The van der Waals surface area contributed by atoms with E-state index in [0.29, 0.717) is 16.5 Å². The van der Waals surface area contributed by atoms with Crippen molar-refractivity contribution >= 4 is 23.3 Å². The molecule has 0 spiro atoms. The minimum Gasteiger partial charge on any atom is -0.305 e. The van der Waals surface area contributed by atoms with E-state index in [4.69, 9.17) is 11.6 Å². The van der Waals surface area contributed by atoms with Crippen molar-refractivity contribution in [3.05, 3.63) is 40.3 Å². The Morgan fingerprint density at radius 2 is 2.18 bits per heavy atom. The molecule has 2 heterocycles. The number of nitrogens with zero attached hydrogens (tertiary/aromatic N) is 2. The van der Waals surface area contributed by atoms with E-state index in [0.717, 1.165) is 11.3 Å². The molecule has 0 aliphatic heterocycles. The van der Waals surface area contributed by atoms with Crippen LogP contribution in [-0.4, -0.2) is 21.1 Å². The number of pyridine rings is 1. The Balaban J connectivity index is 2.17. The standard InChI is InChI=1S/C11H11ClN4O/c1-6-7(2)15-16-10(6)14-11(17)8-3-4-9(12)13-5-8/h3-5H,1-2H3,(H2,14,15,16,17). The zero-order valence-electron chi connectivity index (χ0n) is 9.41. The summed E-state index contributed by atoms with van der Waals surface area (Å²) >= 11 is 5.64. The molecule has 0 saturated heterocycles. The lowest BCUT2D eigenvalue weighted by atomic mass is 10.2. The number of aryl methyl sites for hydroxylation is 1. The van der Waals surface area contributed by atoms with E-state index in [1.54, 1.807) is 12.1 Å². The van der Waals surface area contributed by atoms with Crippen molar-refractivity contribution in [2.45, 2.75) is 13.8 Å². The molecule has 17 heavy (non-hydrogen) atoms. The Kier molecular flexibility index (Phi) is 3.10. The maximum atomic E-state index is 11.8. The van der Waals surface area contributed by atoms with Crippen LogP contribution in [0.3, 0.4) is 0 Å². The molecule has 0 fully saturated rings. The van der Waals surface area contributed by atoms with Gasteiger partial charge >= 0.3 is 0 Å². The van der Waals surface area contributed by atoms with Crippen LogP contribution in [0.2, 0.25) is 5.15 Å². The molecule has 0 aromatic carbocycles. The summed E-state index contributed by atoms with van der Waals surface area (Å²) in [5.41, 5.74) is 2.28. The van der Waals surface area contributed by atoms with Crippen LogP contribution < -0.4 is 5.32 Å². The molecule has 6 heteroatoms. The number of carbonyl (C=O) groups excluding carboxylic acids is 1. The number of anilines is 1. The molecule has 0 saturated carbocycles. The predicted octanol–water partition coefficient (Wildman–Crippen LogP) is 2.33. The van der Waals surface area contributed by atoms with Gasteiger partial charge < -0.3 is 5.32 Å². The third-order valence-electron chi connectivity index (χ3n) is 2.47. The van der Waals surface area contributed by atoms with Gasteiger partial charge in [-0.2, -0.15) is 5.10 Å². The SMILES string of the molecule is Cc1[nH]nc(NC(=O)c2ccc(Cl)nc2)c1C. The van der Waals surface area contributed by atoms with E-state index >= 15 is 0 Å². The normalized spacial score (nSPS) is 10.3. The van der Waals surface area contributed by atoms with Crippen LogP contribution in [0.1, 0.15) is 21.6 Å². The van der Waals surface area contributed by atoms with Crippen molar-refractivity contribution in [3.8, 4) is 0 Å². The highest BCUT2D eigenvalue weighted by Gasteiger charge is 2.11. The van der Waals surface area contributed by atoms with E-state index in [9.17, 15) is 4.79 Å². The Morgan fingerprint density at radius 3 is 2.71 bits per heavy atom. The second kappa shape index (κ2) is 4.55. The molecule has 0 aliphatic rings. The van der Waals surface area contributed by atoms with Gasteiger partial charge in [-0.3, -0.25) is 9.89 Å². The molecule has 2 N–H and O–H groups in total. The summed E-state index contributed by atoms with van der Waals surface area (Å²) in [6.45, 7) is 3.77. The lowest BCUT2D eigenvalue weighted by molar-refractivity contribution is 0.102. The number of aromatic nitrogens is 3. The highest BCUT2D eigenvalue weighted by Crippen LogP contribution is 2.15.